The smallest absolute Gasteiger partial charge is 0.343 e. The van der Waals surface area contributed by atoms with Crippen molar-refractivity contribution in [3.63, 3.8) is 0 Å². The second kappa shape index (κ2) is 19.5. The first-order valence-electron chi connectivity index (χ1n) is 13.0. The van der Waals surface area contributed by atoms with E-state index < -0.39 is 23.9 Å². The molecule has 0 saturated carbocycles. The van der Waals surface area contributed by atoms with E-state index in [1.165, 1.54) is 12.2 Å². The molecule has 220 valence electrons. The number of hydrogen-bond donors (Lipinski definition) is 0. The Morgan fingerprint density at radius 2 is 1.49 bits per heavy atom. The maximum atomic E-state index is 12.6. The second-order valence-corrected chi connectivity index (χ2v) is 8.49. The Hall–Kier alpha value is -4.50. The van der Waals surface area contributed by atoms with E-state index in [0.717, 1.165) is 23.6 Å². The summed E-state index contributed by atoms with van der Waals surface area (Å²) in [5, 5.41) is 0. The number of methoxy groups -OCH3 is 1. The number of carbonyl (C=O) groups is 4. The number of carbonyl (C=O) groups excluding carboxylic acids is 4. The van der Waals surface area contributed by atoms with Gasteiger partial charge in [-0.05, 0) is 61.3 Å². The Labute approximate surface area is 241 Å². The van der Waals surface area contributed by atoms with Crippen molar-refractivity contribution in [2.24, 2.45) is 0 Å². The van der Waals surface area contributed by atoms with Crippen LogP contribution in [0.3, 0.4) is 0 Å². The van der Waals surface area contributed by atoms with Crippen LogP contribution in [0.4, 0.5) is 0 Å². The van der Waals surface area contributed by atoms with E-state index in [4.69, 9.17) is 18.9 Å². The van der Waals surface area contributed by atoms with Crippen molar-refractivity contribution in [1.29, 1.82) is 0 Å². The van der Waals surface area contributed by atoms with Crippen molar-refractivity contribution < 1.29 is 42.9 Å². The first-order chi connectivity index (χ1) is 19.6. The van der Waals surface area contributed by atoms with Crippen LogP contribution in [0.2, 0.25) is 0 Å². The van der Waals surface area contributed by atoms with Gasteiger partial charge in [-0.1, -0.05) is 50.9 Å². The van der Waals surface area contributed by atoms with Gasteiger partial charge in [-0.25, -0.2) is 9.59 Å². The predicted octanol–water partition coefficient (Wildman–Crippen LogP) is 5.80. The molecule has 1 aromatic carbocycles. The summed E-state index contributed by atoms with van der Waals surface area (Å²) in [6, 6.07) is 6.88. The van der Waals surface area contributed by atoms with E-state index in [0.29, 0.717) is 17.7 Å². The third-order valence-electron chi connectivity index (χ3n) is 5.33. The van der Waals surface area contributed by atoms with Crippen LogP contribution in [0.5, 0.6) is 0 Å². The number of esters is 4. The van der Waals surface area contributed by atoms with Crippen LogP contribution in [0.1, 0.15) is 55.5 Å². The number of rotatable bonds is 18. The summed E-state index contributed by atoms with van der Waals surface area (Å²) in [5.74, 6) is -1.96. The van der Waals surface area contributed by atoms with Crippen LogP contribution < -0.4 is 0 Å². The SMILES string of the molecule is C=CC(=O)OCCOC(=O)CCC(=O)OC(=C)/C=C\C(=C/CC)c1ccc(C(=O)O/C(C=C)=C/CC(C)OC)cc1. The molecule has 0 radical (unpaired) electrons. The molecule has 0 aromatic heterocycles. The summed E-state index contributed by atoms with van der Waals surface area (Å²) >= 11 is 0. The molecule has 0 aliphatic carbocycles. The molecule has 0 heterocycles. The highest BCUT2D eigenvalue weighted by Gasteiger charge is 2.12. The quantitative estimate of drug-likeness (QED) is 0.0543. The fourth-order valence-electron chi connectivity index (χ4n) is 3.06. The van der Waals surface area contributed by atoms with E-state index >= 15 is 0 Å². The zero-order valence-corrected chi connectivity index (χ0v) is 23.9. The average molecular weight is 567 g/mol. The third-order valence-corrected chi connectivity index (χ3v) is 5.33. The van der Waals surface area contributed by atoms with Crippen LogP contribution in [-0.2, 0) is 38.1 Å². The van der Waals surface area contributed by atoms with Crippen molar-refractivity contribution >= 4 is 29.5 Å². The Balaban J connectivity index is 2.66. The van der Waals surface area contributed by atoms with E-state index in [-0.39, 0.29) is 37.9 Å². The van der Waals surface area contributed by atoms with Gasteiger partial charge < -0.3 is 23.7 Å². The van der Waals surface area contributed by atoms with Crippen LogP contribution in [0.25, 0.3) is 5.57 Å². The molecule has 1 atom stereocenters. The van der Waals surface area contributed by atoms with Crippen molar-refractivity contribution in [3.05, 3.63) is 103 Å². The molecule has 9 nitrogen and oxygen atoms in total. The summed E-state index contributed by atoms with van der Waals surface area (Å²) in [6.45, 7) is 14.3. The molecule has 0 fully saturated rings. The van der Waals surface area contributed by atoms with E-state index in [1.54, 1.807) is 43.5 Å². The number of benzene rings is 1. The minimum Gasteiger partial charge on any atom is -0.462 e. The van der Waals surface area contributed by atoms with Gasteiger partial charge in [0.1, 0.15) is 24.7 Å². The highest BCUT2D eigenvalue weighted by molar-refractivity contribution is 5.91. The van der Waals surface area contributed by atoms with Crippen LogP contribution >= 0.6 is 0 Å². The molecule has 0 saturated heterocycles. The molecule has 1 unspecified atom stereocenters. The van der Waals surface area contributed by atoms with Crippen molar-refractivity contribution in [2.75, 3.05) is 20.3 Å². The van der Waals surface area contributed by atoms with Crippen molar-refractivity contribution in [2.45, 2.75) is 45.6 Å². The van der Waals surface area contributed by atoms with Gasteiger partial charge in [0, 0.05) is 13.2 Å². The summed E-state index contributed by atoms with van der Waals surface area (Å²) < 4.78 is 25.3. The lowest BCUT2D eigenvalue weighted by Gasteiger charge is -2.09. The van der Waals surface area contributed by atoms with Crippen LogP contribution in [-0.4, -0.2) is 50.3 Å². The Morgan fingerprint density at radius 1 is 0.854 bits per heavy atom. The van der Waals surface area contributed by atoms with Crippen LogP contribution in [0.15, 0.2) is 92.0 Å². The molecule has 0 N–H and O–H groups in total. The minimum atomic E-state index is -0.650. The molecule has 1 aromatic rings. The van der Waals surface area contributed by atoms with Gasteiger partial charge in [0.2, 0.25) is 0 Å². The summed E-state index contributed by atoms with van der Waals surface area (Å²) in [7, 11) is 1.61. The lowest BCUT2D eigenvalue weighted by molar-refractivity contribution is -0.151. The topological polar surface area (TPSA) is 114 Å². The van der Waals surface area contributed by atoms with Gasteiger partial charge in [-0.2, -0.15) is 0 Å². The molecule has 0 spiro atoms. The lowest BCUT2D eigenvalue weighted by atomic mass is 10.0. The van der Waals surface area contributed by atoms with Crippen molar-refractivity contribution in [1.82, 2.24) is 0 Å². The van der Waals surface area contributed by atoms with E-state index in [9.17, 15) is 19.2 Å². The molecule has 0 aliphatic heterocycles. The summed E-state index contributed by atoms with van der Waals surface area (Å²) in [5.41, 5.74) is 2.02. The van der Waals surface area contributed by atoms with E-state index in [2.05, 4.69) is 24.5 Å². The molecular formula is C32H38O9. The van der Waals surface area contributed by atoms with Gasteiger partial charge in [-0.15, -0.1) is 0 Å². The van der Waals surface area contributed by atoms with E-state index in [1.807, 2.05) is 19.9 Å². The predicted molar refractivity (Wildman–Crippen MR) is 155 cm³/mol. The fraction of sp³-hybridized carbons (Fsp3) is 0.312. The zero-order valence-electron chi connectivity index (χ0n) is 23.9. The molecule has 41 heavy (non-hydrogen) atoms. The maximum Gasteiger partial charge on any atom is 0.343 e. The zero-order chi connectivity index (χ0) is 30.6. The normalized spacial score (nSPS) is 12.3. The molecule has 0 bridgehead atoms. The van der Waals surface area contributed by atoms with Gasteiger partial charge in [0.15, 0.2) is 0 Å². The monoisotopic (exact) mass is 566 g/mol. The Morgan fingerprint density at radius 3 is 2.10 bits per heavy atom. The largest absolute Gasteiger partial charge is 0.462 e. The highest BCUT2D eigenvalue weighted by Crippen LogP contribution is 2.20. The average Bonchev–Trinajstić information content (AvgIpc) is 2.97. The van der Waals surface area contributed by atoms with Gasteiger partial charge in [-0.3, -0.25) is 9.59 Å². The molecule has 0 amide bonds. The molecule has 0 aliphatic rings. The van der Waals surface area contributed by atoms with Gasteiger partial charge in [0.25, 0.3) is 0 Å². The van der Waals surface area contributed by atoms with Gasteiger partial charge in [0.05, 0.1) is 24.5 Å². The first-order valence-corrected chi connectivity index (χ1v) is 13.0. The van der Waals surface area contributed by atoms with Crippen molar-refractivity contribution in [3.8, 4) is 0 Å². The molecule has 1 rings (SSSR count). The third kappa shape index (κ3) is 14.5. The summed E-state index contributed by atoms with van der Waals surface area (Å²) in [4.78, 5) is 47.3. The number of allylic oxidation sites excluding steroid dienone is 5. The lowest BCUT2D eigenvalue weighted by Crippen LogP contribution is -2.14. The fourth-order valence-corrected chi connectivity index (χ4v) is 3.06. The number of hydrogen-bond acceptors (Lipinski definition) is 9. The van der Waals surface area contributed by atoms with Gasteiger partial charge >= 0.3 is 23.9 Å². The van der Waals surface area contributed by atoms with Crippen LogP contribution in [0, 0.1) is 0 Å². The first kappa shape index (κ1) is 34.5. The summed E-state index contributed by atoms with van der Waals surface area (Å²) in [6.07, 6.45) is 10.4. The highest BCUT2D eigenvalue weighted by atomic mass is 16.6. The number of ether oxygens (including phenoxy) is 5. The Bertz CT molecular complexity index is 1170. The Kier molecular flexibility index (Phi) is 16.5. The second-order valence-electron chi connectivity index (χ2n) is 8.49. The molecular weight excluding hydrogens is 528 g/mol. The maximum absolute atomic E-state index is 12.6. The standard InChI is InChI=1S/C32H38O9/c1-7-10-25(13-11-24(5)40-31(35)20-19-30(34)39-22-21-38-29(33)9-3)26-14-16-27(17-15-26)32(36)41-28(8-2)18-12-23(4)37-6/h8-11,13-18,23H,2-3,5,7,12,19-22H2,1,4,6H3/b13-11-,25-10+,28-18+. The molecule has 9 heteroatoms. The minimum absolute atomic E-state index is 0.0172.